The van der Waals surface area contributed by atoms with Crippen LogP contribution in [0.4, 0.5) is 10.1 Å². The summed E-state index contributed by atoms with van der Waals surface area (Å²) in [4.78, 5) is 14.7. The summed E-state index contributed by atoms with van der Waals surface area (Å²) in [5, 5.41) is 20.9. The molecule has 0 aliphatic heterocycles. The van der Waals surface area contributed by atoms with Crippen LogP contribution in [0.5, 0.6) is 5.75 Å². The van der Waals surface area contributed by atoms with Gasteiger partial charge in [0.15, 0.2) is 5.96 Å². The molecule has 0 radical (unpaired) electrons. The highest BCUT2D eigenvalue weighted by Gasteiger charge is 2.10. The lowest BCUT2D eigenvalue weighted by Gasteiger charge is -2.17. The first-order valence-electron chi connectivity index (χ1n) is 9.13. The fourth-order valence-electron chi connectivity index (χ4n) is 2.38. The predicted octanol–water partition coefficient (Wildman–Crippen LogP) is 2.96. The predicted molar refractivity (Wildman–Crippen MR) is 119 cm³/mol. The fraction of sp³-hybridized carbons (Fsp3) is 0.444. The van der Waals surface area contributed by atoms with Crippen molar-refractivity contribution in [2.45, 2.75) is 32.9 Å². The van der Waals surface area contributed by atoms with E-state index in [4.69, 9.17) is 4.74 Å². The molecular weight excluding hydrogens is 494 g/mol. The van der Waals surface area contributed by atoms with Gasteiger partial charge < -0.3 is 15.4 Å². The van der Waals surface area contributed by atoms with E-state index in [1.165, 1.54) is 29.2 Å². The molecule has 0 aliphatic carbocycles. The van der Waals surface area contributed by atoms with Gasteiger partial charge in [-0.05, 0) is 25.5 Å². The van der Waals surface area contributed by atoms with Crippen LogP contribution in [0.3, 0.4) is 0 Å². The molecule has 0 aliphatic rings. The maximum Gasteiger partial charge on any atom is 0.306 e. The fourth-order valence-corrected chi connectivity index (χ4v) is 2.38. The van der Waals surface area contributed by atoms with Crippen molar-refractivity contribution in [3.05, 3.63) is 52.6 Å². The lowest BCUT2D eigenvalue weighted by atomic mass is 10.2. The second kappa shape index (κ2) is 12.9. The third-order valence-corrected chi connectivity index (χ3v) is 3.82. The summed E-state index contributed by atoms with van der Waals surface area (Å²) < 4.78 is 20.6. The number of nitrogens with zero attached hydrogens (tertiary/aromatic N) is 4. The number of hydrogen-bond donors (Lipinski definition) is 2. The van der Waals surface area contributed by atoms with E-state index in [0.717, 1.165) is 6.42 Å². The number of aliphatic imine (C=N–C) groups is 1. The van der Waals surface area contributed by atoms with Gasteiger partial charge in [0.1, 0.15) is 30.1 Å². The molecule has 9 nitrogen and oxygen atoms in total. The summed E-state index contributed by atoms with van der Waals surface area (Å²) >= 11 is 0. The Kier molecular flexibility index (Phi) is 10.9. The topological polar surface area (TPSA) is 107 Å². The first kappa shape index (κ1) is 24.6. The molecule has 0 saturated heterocycles. The van der Waals surface area contributed by atoms with Gasteiger partial charge in [-0.3, -0.25) is 14.8 Å². The highest BCUT2D eigenvalue weighted by molar-refractivity contribution is 14.0. The van der Waals surface area contributed by atoms with Gasteiger partial charge in [0, 0.05) is 19.2 Å². The molecule has 2 aromatic rings. The number of aromatic nitrogens is 2. The third kappa shape index (κ3) is 8.62. The molecule has 160 valence electrons. The SMILES string of the molecule is CCNC(=NCC(CC)Oc1cccc(F)c1)NCCn1cc([N+](=O)[O-])cn1.I. The molecule has 1 aromatic heterocycles. The summed E-state index contributed by atoms with van der Waals surface area (Å²) in [6, 6.07) is 6.03. The Hall–Kier alpha value is -2.44. The van der Waals surface area contributed by atoms with Gasteiger partial charge in [-0.2, -0.15) is 5.10 Å². The summed E-state index contributed by atoms with van der Waals surface area (Å²) in [5.74, 6) is 0.732. The normalized spacial score (nSPS) is 12.0. The number of hydrogen-bond acceptors (Lipinski definition) is 5. The summed E-state index contributed by atoms with van der Waals surface area (Å²) in [5.41, 5.74) is -0.0409. The molecule has 0 spiro atoms. The number of nitro groups is 1. The maximum atomic E-state index is 13.3. The number of guanidine groups is 1. The van der Waals surface area contributed by atoms with E-state index >= 15 is 0 Å². The second-order valence-electron chi connectivity index (χ2n) is 5.97. The van der Waals surface area contributed by atoms with Crippen molar-refractivity contribution in [2.24, 2.45) is 4.99 Å². The Balaban J connectivity index is 0.00000420. The van der Waals surface area contributed by atoms with Crippen molar-refractivity contribution >= 4 is 35.6 Å². The molecule has 0 fully saturated rings. The van der Waals surface area contributed by atoms with Gasteiger partial charge in [-0.25, -0.2) is 9.38 Å². The zero-order chi connectivity index (χ0) is 20.4. The van der Waals surface area contributed by atoms with E-state index in [0.29, 0.717) is 37.9 Å². The highest BCUT2D eigenvalue weighted by atomic mass is 127. The van der Waals surface area contributed by atoms with Gasteiger partial charge >= 0.3 is 5.69 Å². The molecule has 1 unspecified atom stereocenters. The van der Waals surface area contributed by atoms with Crippen LogP contribution in [0.25, 0.3) is 0 Å². The lowest BCUT2D eigenvalue weighted by molar-refractivity contribution is -0.385. The van der Waals surface area contributed by atoms with Crippen LogP contribution in [0.1, 0.15) is 20.3 Å². The second-order valence-corrected chi connectivity index (χ2v) is 5.97. The average Bonchev–Trinajstić information content (AvgIpc) is 3.14. The van der Waals surface area contributed by atoms with Crippen LogP contribution >= 0.6 is 24.0 Å². The standard InChI is InChI=1S/C18H25FN6O3.HI/c1-3-16(28-17-7-5-6-14(19)10-17)12-22-18(20-4-2)21-8-9-24-13-15(11-23-24)25(26)27;/h5-7,10-11,13,16H,3-4,8-9,12H2,1-2H3,(H2,20,21,22);1H. The van der Waals surface area contributed by atoms with Crippen LogP contribution in [0, 0.1) is 15.9 Å². The number of rotatable bonds is 10. The molecule has 0 amide bonds. The van der Waals surface area contributed by atoms with Gasteiger partial charge in [-0.1, -0.05) is 13.0 Å². The van der Waals surface area contributed by atoms with E-state index < -0.39 is 4.92 Å². The van der Waals surface area contributed by atoms with Crippen LogP contribution in [0.15, 0.2) is 41.7 Å². The van der Waals surface area contributed by atoms with Gasteiger partial charge in [0.25, 0.3) is 0 Å². The van der Waals surface area contributed by atoms with Crippen LogP contribution in [0.2, 0.25) is 0 Å². The van der Waals surface area contributed by atoms with E-state index in [1.54, 1.807) is 12.1 Å². The Morgan fingerprint density at radius 1 is 1.41 bits per heavy atom. The minimum atomic E-state index is -0.480. The molecule has 0 bridgehead atoms. The molecule has 1 aromatic carbocycles. The Labute approximate surface area is 185 Å². The van der Waals surface area contributed by atoms with Crippen molar-refractivity contribution in [1.82, 2.24) is 20.4 Å². The first-order chi connectivity index (χ1) is 13.5. The molecular formula is C18H26FIN6O3. The lowest BCUT2D eigenvalue weighted by Crippen LogP contribution is -2.39. The zero-order valence-electron chi connectivity index (χ0n) is 16.4. The average molecular weight is 520 g/mol. The zero-order valence-corrected chi connectivity index (χ0v) is 18.7. The van der Waals surface area contributed by atoms with Crippen molar-refractivity contribution in [1.29, 1.82) is 0 Å². The minimum Gasteiger partial charge on any atom is -0.488 e. The van der Waals surface area contributed by atoms with E-state index in [9.17, 15) is 14.5 Å². The van der Waals surface area contributed by atoms with Crippen molar-refractivity contribution in [2.75, 3.05) is 19.6 Å². The van der Waals surface area contributed by atoms with E-state index in [-0.39, 0.29) is 41.6 Å². The van der Waals surface area contributed by atoms with Crippen LogP contribution < -0.4 is 15.4 Å². The molecule has 1 atom stereocenters. The third-order valence-electron chi connectivity index (χ3n) is 3.82. The Bertz CT molecular complexity index is 801. The monoisotopic (exact) mass is 520 g/mol. The quantitative estimate of drug-likeness (QED) is 0.164. The molecule has 29 heavy (non-hydrogen) atoms. The van der Waals surface area contributed by atoms with Crippen molar-refractivity contribution in [3.63, 3.8) is 0 Å². The van der Waals surface area contributed by atoms with Crippen molar-refractivity contribution in [3.8, 4) is 5.75 Å². The number of halogens is 2. The Morgan fingerprint density at radius 3 is 2.83 bits per heavy atom. The molecule has 2 rings (SSSR count). The molecule has 2 N–H and O–H groups in total. The molecule has 1 heterocycles. The summed E-state index contributed by atoms with van der Waals surface area (Å²) in [7, 11) is 0. The molecule has 0 saturated carbocycles. The van der Waals surface area contributed by atoms with Gasteiger partial charge in [0.2, 0.25) is 0 Å². The van der Waals surface area contributed by atoms with Crippen molar-refractivity contribution < 1.29 is 14.1 Å². The smallest absolute Gasteiger partial charge is 0.306 e. The van der Waals surface area contributed by atoms with E-state index in [1.807, 2.05) is 13.8 Å². The summed E-state index contributed by atoms with van der Waals surface area (Å²) in [6.07, 6.45) is 3.13. The highest BCUT2D eigenvalue weighted by Crippen LogP contribution is 2.15. The minimum absolute atomic E-state index is 0. The first-order valence-corrected chi connectivity index (χ1v) is 9.13. The summed E-state index contributed by atoms with van der Waals surface area (Å²) in [6.45, 7) is 5.96. The van der Waals surface area contributed by atoms with Gasteiger partial charge in [-0.15, -0.1) is 24.0 Å². The number of ether oxygens (including phenoxy) is 1. The van der Waals surface area contributed by atoms with E-state index in [2.05, 4.69) is 20.7 Å². The molecule has 11 heteroatoms. The number of benzene rings is 1. The van der Waals surface area contributed by atoms with Crippen LogP contribution in [-0.4, -0.2) is 46.4 Å². The van der Waals surface area contributed by atoms with Crippen LogP contribution in [-0.2, 0) is 6.54 Å². The number of nitrogens with one attached hydrogen (secondary N) is 2. The largest absolute Gasteiger partial charge is 0.488 e. The van der Waals surface area contributed by atoms with Gasteiger partial charge in [0.05, 0.1) is 18.0 Å². The Morgan fingerprint density at radius 2 is 2.21 bits per heavy atom. The maximum absolute atomic E-state index is 13.3.